The molecule has 1 aromatic heterocycles. The molecule has 4 rings (SSSR count). The molecule has 0 fully saturated rings. The molecule has 3 aromatic carbocycles. The van der Waals surface area contributed by atoms with Crippen molar-refractivity contribution in [1.82, 2.24) is 0 Å². The van der Waals surface area contributed by atoms with Crippen LogP contribution in [0.4, 0.5) is 5.69 Å². The zero-order valence-corrected chi connectivity index (χ0v) is 15.6. The van der Waals surface area contributed by atoms with Gasteiger partial charge in [-0.3, -0.25) is 4.79 Å². The Morgan fingerprint density at radius 2 is 1.71 bits per heavy atom. The first kappa shape index (κ1) is 17.9. The summed E-state index contributed by atoms with van der Waals surface area (Å²) in [5.41, 5.74) is 1.89. The molecule has 1 heterocycles. The number of amides is 1. The summed E-state index contributed by atoms with van der Waals surface area (Å²) < 4.78 is 11.5. The topological polar surface area (TPSA) is 51.5 Å². The Morgan fingerprint density at radius 3 is 2.57 bits per heavy atom. The first-order chi connectivity index (χ1) is 13.7. The molecule has 0 atom stereocenters. The average molecular weight is 371 g/mol. The highest BCUT2D eigenvalue weighted by Gasteiger charge is 2.13. The third kappa shape index (κ3) is 3.91. The van der Waals surface area contributed by atoms with Crippen molar-refractivity contribution in [2.75, 3.05) is 5.32 Å². The largest absolute Gasteiger partial charge is 0.486 e. The molecule has 1 N–H and O–H groups in total. The van der Waals surface area contributed by atoms with Gasteiger partial charge >= 0.3 is 0 Å². The molecule has 0 saturated carbocycles. The number of fused-ring (bicyclic) bond motifs is 1. The number of rotatable bonds is 6. The van der Waals surface area contributed by atoms with Crippen molar-refractivity contribution in [2.24, 2.45) is 0 Å². The molecule has 4 nitrogen and oxygen atoms in total. The van der Waals surface area contributed by atoms with Crippen molar-refractivity contribution < 1.29 is 13.9 Å². The van der Waals surface area contributed by atoms with E-state index in [9.17, 15) is 4.79 Å². The molecule has 1 amide bonds. The second kappa shape index (κ2) is 8.01. The van der Waals surface area contributed by atoms with Gasteiger partial charge in [0, 0.05) is 5.69 Å². The summed E-state index contributed by atoms with van der Waals surface area (Å²) in [4.78, 5) is 12.5. The SMILES string of the molecule is CCc1ccccc1NC(=O)c1ccc(COc2ccc3ccccc3c2)o1. The number of carbonyl (C=O) groups excluding carboxylic acids is 1. The first-order valence-electron chi connectivity index (χ1n) is 9.32. The number of furan rings is 1. The van der Waals surface area contributed by atoms with E-state index >= 15 is 0 Å². The molecule has 140 valence electrons. The molecular weight excluding hydrogens is 350 g/mol. The molecule has 4 heteroatoms. The van der Waals surface area contributed by atoms with Gasteiger partial charge in [0.1, 0.15) is 18.1 Å². The average Bonchev–Trinajstić information content (AvgIpc) is 3.22. The van der Waals surface area contributed by atoms with Crippen LogP contribution in [0.25, 0.3) is 10.8 Å². The van der Waals surface area contributed by atoms with Crippen LogP contribution >= 0.6 is 0 Å². The van der Waals surface area contributed by atoms with Gasteiger partial charge in [0.25, 0.3) is 5.91 Å². The van der Waals surface area contributed by atoms with E-state index in [1.165, 1.54) is 5.39 Å². The van der Waals surface area contributed by atoms with Crippen LogP contribution in [0.15, 0.2) is 83.3 Å². The van der Waals surface area contributed by atoms with Crippen LogP contribution in [0.1, 0.15) is 28.8 Å². The standard InChI is InChI=1S/C24H21NO3/c1-2-17-7-5-6-10-22(17)25-24(26)23-14-13-21(28-23)16-27-20-12-11-18-8-3-4-9-19(18)15-20/h3-15H,2,16H2,1H3,(H,25,26). The van der Waals surface area contributed by atoms with Gasteiger partial charge in [-0.25, -0.2) is 0 Å². The summed E-state index contributed by atoms with van der Waals surface area (Å²) in [7, 11) is 0. The number of anilines is 1. The van der Waals surface area contributed by atoms with Gasteiger partial charge in [-0.15, -0.1) is 0 Å². The Kier molecular flexibility index (Phi) is 5.11. The summed E-state index contributed by atoms with van der Waals surface area (Å²) in [6.45, 7) is 2.32. The summed E-state index contributed by atoms with van der Waals surface area (Å²) in [6.07, 6.45) is 0.847. The quantitative estimate of drug-likeness (QED) is 0.464. The zero-order valence-electron chi connectivity index (χ0n) is 15.6. The van der Waals surface area contributed by atoms with Gasteiger partial charge in [-0.1, -0.05) is 55.5 Å². The first-order valence-corrected chi connectivity index (χ1v) is 9.32. The highest BCUT2D eigenvalue weighted by molar-refractivity contribution is 6.02. The number of benzene rings is 3. The van der Waals surface area contributed by atoms with Crippen LogP contribution in [-0.2, 0) is 13.0 Å². The van der Waals surface area contributed by atoms with Crippen molar-refractivity contribution in [1.29, 1.82) is 0 Å². The highest BCUT2D eigenvalue weighted by atomic mass is 16.5. The van der Waals surface area contributed by atoms with Crippen molar-refractivity contribution in [3.05, 3.63) is 95.9 Å². The molecule has 0 saturated heterocycles. The second-order valence-electron chi connectivity index (χ2n) is 6.53. The lowest BCUT2D eigenvalue weighted by Crippen LogP contribution is -2.12. The molecule has 28 heavy (non-hydrogen) atoms. The van der Waals surface area contributed by atoms with Crippen LogP contribution in [0.5, 0.6) is 5.75 Å². The number of aryl methyl sites for hydroxylation is 1. The van der Waals surface area contributed by atoms with Crippen LogP contribution in [0, 0.1) is 0 Å². The lowest BCUT2D eigenvalue weighted by molar-refractivity contribution is 0.0992. The molecular formula is C24H21NO3. The molecule has 0 radical (unpaired) electrons. The Morgan fingerprint density at radius 1 is 0.929 bits per heavy atom. The van der Waals surface area contributed by atoms with Gasteiger partial charge in [0.05, 0.1) is 0 Å². The van der Waals surface area contributed by atoms with Crippen molar-refractivity contribution >= 4 is 22.4 Å². The molecule has 0 spiro atoms. The van der Waals surface area contributed by atoms with Crippen molar-refractivity contribution in [3.63, 3.8) is 0 Å². The van der Waals surface area contributed by atoms with E-state index in [1.54, 1.807) is 12.1 Å². The van der Waals surface area contributed by atoms with Gasteiger partial charge < -0.3 is 14.5 Å². The van der Waals surface area contributed by atoms with Crippen LogP contribution in [-0.4, -0.2) is 5.91 Å². The Hall–Kier alpha value is -3.53. The summed E-state index contributed by atoms with van der Waals surface area (Å²) in [5.74, 6) is 1.36. The predicted octanol–water partition coefficient (Wildman–Crippen LogP) is 5.83. The fourth-order valence-corrected chi connectivity index (χ4v) is 3.12. The minimum absolute atomic E-state index is 0.261. The molecule has 4 aromatic rings. The number of carbonyl (C=O) groups is 1. The van der Waals surface area contributed by atoms with Crippen molar-refractivity contribution in [2.45, 2.75) is 20.0 Å². The van der Waals surface area contributed by atoms with Crippen LogP contribution < -0.4 is 10.1 Å². The van der Waals surface area contributed by atoms with E-state index in [1.807, 2.05) is 60.7 Å². The lowest BCUT2D eigenvalue weighted by Gasteiger charge is -2.08. The molecule has 0 aliphatic carbocycles. The van der Waals surface area contributed by atoms with Crippen LogP contribution in [0.3, 0.4) is 0 Å². The van der Waals surface area contributed by atoms with Gasteiger partial charge in [0.2, 0.25) is 0 Å². The predicted molar refractivity (Wildman–Crippen MR) is 111 cm³/mol. The van der Waals surface area contributed by atoms with E-state index in [0.29, 0.717) is 5.76 Å². The van der Waals surface area contributed by atoms with Gasteiger partial charge in [-0.2, -0.15) is 0 Å². The molecule has 0 bridgehead atoms. The fourth-order valence-electron chi connectivity index (χ4n) is 3.12. The number of para-hydroxylation sites is 1. The summed E-state index contributed by atoms with van der Waals surface area (Å²) in [5, 5.41) is 5.20. The van der Waals surface area contributed by atoms with Gasteiger partial charge in [0.15, 0.2) is 5.76 Å². The number of nitrogens with one attached hydrogen (secondary N) is 1. The minimum atomic E-state index is -0.266. The van der Waals surface area contributed by atoms with Gasteiger partial charge in [-0.05, 0) is 53.1 Å². The third-order valence-electron chi connectivity index (χ3n) is 4.63. The summed E-state index contributed by atoms with van der Waals surface area (Å²) >= 11 is 0. The third-order valence-corrected chi connectivity index (χ3v) is 4.63. The zero-order chi connectivity index (χ0) is 19.3. The van der Waals surface area contributed by atoms with Crippen molar-refractivity contribution in [3.8, 4) is 5.75 Å². The summed E-state index contributed by atoms with van der Waals surface area (Å²) in [6, 6.07) is 25.3. The normalized spacial score (nSPS) is 10.8. The highest BCUT2D eigenvalue weighted by Crippen LogP contribution is 2.22. The maximum atomic E-state index is 12.5. The number of hydrogen-bond donors (Lipinski definition) is 1. The Labute approximate surface area is 163 Å². The Balaban J connectivity index is 1.41. The minimum Gasteiger partial charge on any atom is -0.486 e. The smallest absolute Gasteiger partial charge is 0.291 e. The maximum absolute atomic E-state index is 12.5. The molecule has 0 aliphatic heterocycles. The monoisotopic (exact) mass is 371 g/mol. The Bertz CT molecular complexity index is 1110. The number of hydrogen-bond acceptors (Lipinski definition) is 3. The molecule has 0 aliphatic rings. The second-order valence-corrected chi connectivity index (χ2v) is 6.53. The number of ether oxygens (including phenoxy) is 1. The van der Waals surface area contributed by atoms with E-state index in [4.69, 9.17) is 9.15 Å². The molecule has 0 unspecified atom stereocenters. The van der Waals surface area contributed by atoms with E-state index in [-0.39, 0.29) is 18.3 Å². The fraction of sp³-hybridized carbons (Fsp3) is 0.125. The van der Waals surface area contributed by atoms with E-state index < -0.39 is 0 Å². The lowest BCUT2D eigenvalue weighted by atomic mass is 10.1. The maximum Gasteiger partial charge on any atom is 0.291 e. The van der Waals surface area contributed by atoms with E-state index in [2.05, 4.69) is 18.3 Å². The van der Waals surface area contributed by atoms with E-state index in [0.717, 1.165) is 28.8 Å². The van der Waals surface area contributed by atoms with Crippen LogP contribution in [0.2, 0.25) is 0 Å².